The van der Waals surface area contributed by atoms with E-state index in [2.05, 4.69) is 31.9 Å². The van der Waals surface area contributed by atoms with Gasteiger partial charge >= 0.3 is 0 Å². The molecule has 0 aromatic heterocycles. The molecule has 3 fully saturated rings. The predicted molar refractivity (Wildman–Crippen MR) is 58.2 cm³/mol. The molecule has 0 saturated heterocycles. The second-order valence-electron chi connectivity index (χ2n) is 4.25. The average molecular weight is 335 g/mol. The summed E-state index contributed by atoms with van der Waals surface area (Å²) in [6.07, 6.45) is 2.39. The molecule has 0 unspecified atom stereocenters. The van der Waals surface area contributed by atoms with E-state index in [1.165, 1.54) is 12.8 Å². The van der Waals surface area contributed by atoms with Crippen molar-refractivity contribution in [2.45, 2.75) is 20.4 Å². The smallest absolute Gasteiger partial charge is 0.101 e. The molecular weight excluding hydrogens is 327 g/mol. The van der Waals surface area contributed by atoms with Gasteiger partial charge in [-0.15, -0.1) is 23.2 Å². The molecule has 0 spiro atoms. The molecule has 4 heteroatoms. The Morgan fingerprint density at radius 3 is 1.75 bits per heavy atom. The van der Waals surface area contributed by atoms with Gasteiger partial charge in [-0.1, -0.05) is 31.9 Å². The summed E-state index contributed by atoms with van der Waals surface area (Å²) in [5.74, 6) is 2.66. The topological polar surface area (TPSA) is 0 Å². The lowest BCUT2D eigenvalue weighted by atomic mass is 10.0. The number of hydrogen-bond acceptors (Lipinski definition) is 0. The minimum Gasteiger partial charge on any atom is -0.101 e. The Hall–Kier alpha value is 1.54. The molecule has 0 aromatic rings. The van der Waals surface area contributed by atoms with Crippen LogP contribution in [0.15, 0.2) is 0 Å². The lowest BCUT2D eigenvalue weighted by molar-refractivity contribution is 0.457. The Balaban J connectivity index is 1.80. The molecule has 3 aliphatic rings. The fourth-order valence-electron chi connectivity index (χ4n) is 2.75. The molecule has 0 N–H and O–H groups in total. The van der Waals surface area contributed by atoms with Crippen molar-refractivity contribution < 1.29 is 0 Å². The van der Waals surface area contributed by atoms with Gasteiger partial charge in [-0.2, -0.15) is 0 Å². The molecule has 0 heterocycles. The Bertz CT molecular complexity index is 205. The first-order chi connectivity index (χ1) is 5.45. The number of fused-ring (bicyclic) bond motifs is 2. The van der Waals surface area contributed by atoms with E-state index in [4.69, 9.17) is 23.2 Å². The first-order valence-corrected chi connectivity index (χ1v) is 6.55. The summed E-state index contributed by atoms with van der Waals surface area (Å²) in [5, 5.41) is 0. The van der Waals surface area contributed by atoms with E-state index < -0.39 is 0 Å². The van der Waals surface area contributed by atoms with Crippen molar-refractivity contribution in [3.63, 3.8) is 0 Å². The van der Waals surface area contributed by atoms with Gasteiger partial charge in [-0.3, -0.25) is 0 Å². The lowest BCUT2D eigenvalue weighted by Crippen LogP contribution is -1.95. The first-order valence-electron chi connectivity index (χ1n) is 4.21. The van der Waals surface area contributed by atoms with Gasteiger partial charge < -0.3 is 0 Å². The highest BCUT2D eigenvalue weighted by Gasteiger charge is 2.75. The maximum absolute atomic E-state index is 6.13. The SMILES string of the molecule is ClC1(Cl)[C@@H]2C[C@@H]3[C@H](C[C@H]21)C3(Br)Br. The Morgan fingerprint density at radius 2 is 1.33 bits per heavy atom. The van der Waals surface area contributed by atoms with Gasteiger partial charge in [-0.25, -0.2) is 0 Å². The minimum atomic E-state index is -0.372. The van der Waals surface area contributed by atoms with Crippen LogP contribution in [0.3, 0.4) is 0 Å². The van der Waals surface area contributed by atoms with Crippen LogP contribution >= 0.6 is 55.1 Å². The molecule has 12 heavy (non-hydrogen) atoms. The van der Waals surface area contributed by atoms with Crippen molar-refractivity contribution in [2.24, 2.45) is 23.7 Å². The number of hydrogen-bond donors (Lipinski definition) is 0. The number of halogens is 4. The van der Waals surface area contributed by atoms with Crippen molar-refractivity contribution in [3.8, 4) is 0 Å². The van der Waals surface area contributed by atoms with Gasteiger partial charge in [0.05, 0.1) is 3.23 Å². The van der Waals surface area contributed by atoms with Gasteiger partial charge in [0.15, 0.2) is 0 Å². The number of alkyl halides is 4. The lowest BCUT2D eigenvalue weighted by Gasteiger charge is -2.02. The van der Waals surface area contributed by atoms with E-state index in [0.717, 1.165) is 11.8 Å². The average Bonchev–Trinajstić information content (AvgIpc) is 2.72. The minimum absolute atomic E-state index is 0.233. The van der Waals surface area contributed by atoms with Gasteiger partial charge in [0.25, 0.3) is 0 Å². The van der Waals surface area contributed by atoms with Crippen LogP contribution in [0.1, 0.15) is 12.8 Å². The Kier molecular flexibility index (Phi) is 1.62. The standard InChI is InChI=1S/C8H8Br2Cl2/c9-7(10)3-1-5-6(2-4(3)7)8(5,11)12/h3-6H,1-2H2/t3-,4+,5-,6-/m1/s1. The van der Waals surface area contributed by atoms with Crippen LogP contribution in [0.25, 0.3) is 0 Å². The highest BCUT2D eigenvalue weighted by Crippen LogP contribution is 2.78. The summed E-state index contributed by atoms with van der Waals surface area (Å²) in [6.45, 7) is 0. The van der Waals surface area contributed by atoms with E-state index in [-0.39, 0.29) is 7.57 Å². The third-order valence-electron chi connectivity index (χ3n) is 3.75. The molecule has 3 aliphatic carbocycles. The van der Waals surface area contributed by atoms with Crippen LogP contribution in [-0.4, -0.2) is 7.57 Å². The maximum atomic E-state index is 6.13. The van der Waals surface area contributed by atoms with Crippen molar-refractivity contribution >= 4 is 55.1 Å². The molecule has 3 rings (SSSR count). The molecule has 0 bridgehead atoms. The molecule has 0 nitrogen and oxygen atoms in total. The highest BCUT2D eigenvalue weighted by molar-refractivity contribution is 9.25. The molecular formula is C8H8Br2Cl2. The number of rotatable bonds is 0. The quantitative estimate of drug-likeness (QED) is 0.589. The molecule has 0 aromatic carbocycles. The van der Waals surface area contributed by atoms with E-state index in [9.17, 15) is 0 Å². The second-order valence-corrected chi connectivity index (χ2v) is 9.38. The van der Waals surface area contributed by atoms with Crippen molar-refractivity contribution in [1.82, 2.24) is 0 Å². The Morgan fingerprint density at radius 1 is 0.917 bits per heavy atom. The van der Waals surface area contributed by atoms with Crippen LogP contribution in [-0.2, 0) is 0 Å². The van der Waals surface area contributed by atoms with E-state index in [1.807, 2.05) is 0 Å². The predicted octanol–water partition coefficient (Wildman–Crippen LogP) is 3.93. The van der Waals surface area contributed by atoms with Crippen LogP contribution in [0.4, 0.5) is 0 Å². The van der Waals surface area contributed by atoms with E-state index >= 15 is 0 Å². The zero-order chi connectivity index (χ0) is 8.72. The molecule has 4 atom stereocenters. The first kappa shape index (κ1) is 8.82. The Labute approximate surface area is 98.6 Å². The molecule has 68 valence electrons. The largest absolute Gasteiger partial charge is 0.124 e. The molecule has 0 radical (unpaired) electrons. The highest BCUT2D eigenvalue weighted by atomic mass is 79.9. The fraction of sp³-hybridized carbons (Fsp3) is 1.00. The van der Waals surface area contributed by atoms with E-state index in [0.29, 0.717) is 11.8 Å². The normalized spacial score (nSPS) is 57.0. The van der Waals surface area contributed by atoms with Crippen LogP contribution in [0, 0.1) is 23.7 Å². The summed E-state index contributed by atoms with van der Waals surface area (Å²) in [6, 6.07) is 0. The summed E-state index contributed by atoms with van der Waals surface area (Å²) in [5.41, 5.74) is 0. The van der Waals surface area contributed by atoms with Gasteiger partial charge in [0.2, 0.25) is 0 Å². The van der Waals surface area contributed by atoms with E-state index in [1.54, 1.807) is 0 Å². The molecule has 3 saturated carbocycles. The monoisotopic (exact) mass is 332 g/mol. The van der Waals surface area contributed by atoms with Gasteiger partial charge in [-0.05, 0) is 36.5 Å². The summed E-state index contributed by atoms with van der Waals surface area (Å²) < 4.78 is -0.138. The second kappa shape index (κ2) is 2.20. The third-order valence-corrected chi connectivity index (χ3v) is 7.22. The fourth-order valence-corrected chi connectivity index (χ4v) is 5.35. The van der Waals surface area contributed by atoms with Crippen LogP contribution < -0.4 is 0 Å². The van der Waals surface area contributed by atoms with Gasteiger partial charge in [0, 0.05) is 0 Å². The van der Waals surface area contributed by atoms with Crippen LogP contribution in [0.5, 0.6) is 0 Å². The van der Waals surface area contributed by atoms with Crippen molar-refractivity contribution in [2.75, 3.05) is 0 Å². The third kappa shape index (κ3) is 0.910. The zero-order valence-corrected chi connectivity index (χ0v) is 10.9. The van der Waals surface area contributed by atoms with Crippen molar-refractivity contribution in [1.29, 1.82) is 0 Å². The zero-order valence-electron chi connectivity index (χ0n) is 6.24. The summed E-state index contributed by atoms with van der Waals surface area (Å²) in [7, 11) is 0. The summed E-state index contributed by atoms with van der Waals surface area (Å²) >= 11 is 19.6. The molecule has 0 aliphatic heterocycles. The van der Waals surface area contributed by atoms with Crippen LogP contribution in [0.2, 0.25) is 0 Å². The maximum Gasteiger partial charge on any atom is 0.124 e. The molecule has 0 amide bonds. The van der Waals surface area contributed by atoms with Crippen molar-refractivity contribution in [3.05, 3.63) is 0 Å². The van der Waals surface area contributed by atoms with Gasteiger partial charge in [0.1, 0.15) is 4.33 Å². The summed E-state index contributed by atoms with van der Waals surface area (Å²) in [4.78, 5) is 0.